The van der Waals surface area contributed by atoms with Gasteiger partial charge in [-0.1, -0.05) is 23.8 Å². The number of amides is 1. The van der Waals surface area contributed by atoms with Crippen LogP contribution in [-0.4, -0.2) is 53.3 Å². The molecular weight excluding hydrogens is 484 g/mol. The van der Waals surface area contributed by atoms with E-state index in [2.05, 4.69) is 0 Å². The highest BCUT2D eigenvalue weighted by Gasteiger charge is 2.28. The molecule has 186 valence electrons. The van der Waals surface area contributed by atoms with Crippen LogP contribution in [0.15, 0.2) is 76.5 Å². The minimum atomic E-state index is -3.97. The lowest BCUT2D eigenvalue weighted by molar-refractivity contribution is -0.128. The third kappa shape index (κ3) is 6.29. The zero-order valence-corrected chi connectivity index (χ0v) is 22.2. The number of aryl methyl sites for hydroxylation is 1. The van der Waals surface area contributed by atoms with Gasteiger partial charge in [0.2, 0.25) is 5.91 Å². The molecule has 3 aromatic carbocycles. The van der Waals surface area contributed by atoms with E-state index in [1.165, 1.54) is 16.7 Å². The lowest BCUT2D eigenvalue weighted by atomic mass is 10.2. The average molecular weight is 515 g/mol. The van der Waals surface area contributed by atoms with Crippen LogP contribution in [0, 0.1) is 6.92 Å². The summed E-state index contributed by atoms with van der Waals surface area (Å²) < 4.78 is 39.0. The Labute approximate surface area is 211 Å². The van der Waals surface area contributed by atoms with Gasteiger partial charge in [-0.3, -0.25) is 9.10 Å². The van der Waals surface area contributed by atoms with Crippen molar-refractivity contribution in [2.75, 3.05) is 38.4 Å². The number of rotatable bonds is 10. The second-order valence-electron chi connectivity index (χ2n) is 7.96. The van der Waals surface area contributed by atoms with Crippen molar-refractivity contribution in [2.45, 2.75) is 23.3 Å². The zero-order chi connectivity index (χ0) is 25.6. The Morgan fingerprint density at radius 3 is 2.11 bits per heavy atom. The molecule has 0 N–H and O–H groups in total. The summed E-state index contributed by atoms with van der Waals surface area (Å²) in [5.41, 5.74) is 2.25. The lowest BCUT2D eigenvalue weighted by Gasteiger charge is -2.27. The molecule has 0 fully saturated rings. The third-order valence-corrected chi connectivity index (χ3v) is 8.07. The van der Waals surface area contributed by atoms with E-state index in [1.807, 2.05) is 31.4 Å². The molecule has 0 bridgehead atoms. The fourth-order valence-corrected chi connectivity index (χ4v) is 5.31. The number of sulfonamides is 1. The van der Waals surface area contributed by atoms with E-state index in [1.54, 1.807) is 69.8 Å². The standard InChI is InChI=1S/C26H30N2O5S2/c1-19-6-9-21(10-7-19)28(35(30,31)23-13-11-22(34-5)12-14-23)18-26(29)27(2)17-20-8-15-24(32-3)25(16-20)33-4/h6-16H,17-18H2,1-5H3. The van der Waals surface area contributed by atoms with Crippen LogP contribution >= 0.6 is 11.8 Å². The highest BCUT2D eigenvalue weighted by Crippen LogP contribution is 2.29. The van der Waals surface area contributed by atoms with Crippen LogP contribution in [0.1, 0.15) is 11.1 Å². The van der Waals surface area contributed by atoms with E-state index in [-0.39, 0.29) is 23.9 Å². The molecular formula is C26H30N2O5S2. The molecule has 0 aliphatic carbocycles. The molecule has 35 heavy (non-hydrogen) atoms. The van der Waals surface area contributed by atoms with Crippen molar-refractivity contribution in [2.24, 2.45) is 0 Å². The smallest absolute Gasteiger partial charge is 0.264 e. The van der Waals surface area contributed by atoms with Crippen LogP contribution in [0.25, 0.3) is 0 Å². The average Bonchev–Trinajstić information content (AvgIpc) is 2.87. The summed E-state index contributed by atoms with van der Waals surface area (Å²) in [7, 11) is 0.778. The minimum Gasteiger partial charge on any atom is -0.493 e. The molecule has 0 aromatic heterocycles. The van der Waals surface area contributed by atoms with E-state index in [0.717, 1.165) is 20.3 Å². The van der Waals surface area contributed by atoms with Gasteiger partial charge >= 0.3 is 0 Å². The number of nitrogens with zero attached hydrogens (tertiary/aromatic N) is 2. The number of methoxy groups -OCH3 is 2. The maximum Gasteiger partial charge on any atom is 0.264 e. The molecule has 0 saturated carbocycles. The maximum absolute atomic E-state index is 13.6. The first kappa shape index (κ1) is 26.4. The van der Waals surface area contributed by atoms with Crippen molar-refractivity contribution >= 4 is 33.4 Å². The molecule has 0 unspecified atom stereocenters. The van der Waals surface area contributed by atoms with E-state index < -0.39 is 10.0 Å². The number of carbonyl (C=O) groups is 1. The number of benzene rings is 3. The second-order valence-corrected chi connectivity index (χ2v) is 10.7. The van der Waals surface area contributed by atoms with Crippen molar-refractivity contribution in [3.63, 3.8) is 0 Å². The number of thioether (sulfide) groups is 1. The fraction of sp³-hybridized carbons (Fsp3) is 0.269. The number of hydrogen-bond acceptors (Lipinski definition) is 6. The van der Waals surface area contributed by atoms with Crippen LogP contribution in [0.2, 0.25) is 0 Å². The maximum atomic E-state index is 13.6. The van der Waals surface area contributed by atoms with Crippen LogP contribution in [0.3, 0.4) is 0 Å². The molecule has 7 nitrogen and oxygen atoms in total. The first-order valence-electron chi connectivity index (χ1n) is 10.9. The first-order valence-corrected chi connectivity index (χ1v) is 13.5. The highest BCUT2D eigenvalue weighted by atomic mass is 32.2. The molecule has 0 aliphatic rings. The molecule has 3 rings (SSSR count). The van der Waals surface area contributed by atoms with Gasteiger partial charge in [0.15, 0.2) is 11.5 Å². The summed E-state index contributed by atoms with van der Waals surface area (Å²) in [4.78, 5) is 15.8. The summed E-state index contributed by atoms with van der Waals surface area (Å²) in [6, 6.07) is 19.1. The van der Waals surface area contributed by atoms with Crippen molar-refractivity contribution in [1.29, 1.82) is 0 Å². The number of likely N-dealkylation sites (N-methyl/N-ethyl adjacent to an activating group) is 1. The number of ether oxygens (including phenoxy) is 2. The molecule has 0 aliphatic heterocycles. The summed E-state index contributed by atoms with van der Waals surface area (Å²) >= 11 is 1.53. The van der Waals surface area contributed by atoms with Gasteiger partial charge in [0, 0.05) is 18.5 Å². The molecule has 0 heterocycles. The minimum absolute atomic E-state index is 0.131. The van der Waals surface area contributed by atoms with E-state index in [9.17, 15) is 13.2 Å². The Balaban J connectivity index is 1.88. The molecule has 9 heteroatoms. The molecule has 0 saturated heterocycles. The van der Waals surface area contributed by atoms with Crippen molar-refractivity contribution < 1.29 is 22.7 Å². The van der Waals surface area contributed by atoms with Crippen molar-refractivity contribution in [1.82, 2.24) is 4.90 Å². The van der Waals surface area contributed by atoms with Gasteiger partial charge in [0.25, 0.3) is 10.0 Å². The van der Waals surface area contributed by atoms with Gasteiger partial charge in [0.1, 0.15) is 6.54 Å². The zero-order valence-electron chi connectivity index (χ0n) is 20.5. The topological polar surface area (TPSA) is 76.2 Å². The molecule has 3 aromatic rings. The number of anilines is 1. The number of carbonyl (C=O) groups excluding carboxylic acids is 1. The Kier molecular flexibility index (Phi) is 8.69. The van der Waals surface area contributed by atoms with Gasteiger partial charge in [-0.15, -0.1) is 11.8 Å². The Bertz CT molecular complexity index is 1260. The first-order chi connectivity index (χ1) is 16.7. The lowest BCUT2D eigenvalue weighted by Crippen LogP contribution is -2.41. The summed E-state index contributed by atoms with van der Waals surface area (Å²) in [6.07, 6.45) is 1.93. The summed E-state index contributed by atoms with van der Waals surface area (Å²) in [6.45, 7) is 1.87. The van der Waals surface area contributed by atoms with Crippen molar-refractivity contribution in [3.05, 3.63) is 77.9 Å². The van der Waals surface area contributed by atoms with Gasteiger partial charge in [-0.25, -0.2) is 8.42 Å². The van der Waals surface area contributed by atoms with Crippen LogP contribution in [-0.2, 0) is 21.4 Å². The van der Waals surface area contributed by atoms with E-state index in [0.29, 0.717) is 17.2 Å². The van der Waals surface area contributed by atoms with Gasteiger partial charge in [-0.2, -0.15) is 0 Å². The summed E-state index contributed by atoms with van der Waals surface area (Å²) in [5, 5.41) is 0. The van der Waals surface area contributed by atoms with Crippen LogP contribution < -0.4 is 13.8 Å². The summed E-state index contributed by atoms with van der Waals surface area (Å²) in [5.74, 6) is 0.808. The normalized spacial score (nSPS) is 11.1. The molecule has 0 radical (unpaired) electrons. The SMILES string of the molecule is COc1ccc(CN(C)C(=O)CN(c2ccc(C)cc2)S(=O)(=O)c2ccc(SC)cc2)cc1OC. The van der Waals surface area contributed by atoms with Crippen LogP contribution in [0.5, 0.6) is 11.5 Å². The second kappa shape index (κ2) is 11.5. The number of hydrogen-bond donors (Lipinski definition) is 0. The monoisotopic (exact) mass is 514 g/mol. The van der Waals surface area contributed by atoms with Gasteiger partial charge < -0.3 is 14.4 Å². The van der Waals surface area contributed by atoms with Crippen molar-refractivity contribution in [3.8, 4) is 11.5 Å². The van der Waals surface area contributed by atoms with E-state index in [4.69, 9.17) is 9.47 Å². The van der Waals surface area contributed by atoms with Gasteiger partial charge in [-0.05, 0) is 67.3 Å². The Morgan fingerprint density at radius 2 is 1.54 bits per heavy atom. The predicted molar refractivity (Wildman–Crippen MR) is 140 cm³/mol. The highest BCUT2D eigenvalue weighted by molar-refractivity contribution is 7.98. The third-order valence-electron chi connectivity index (χ3n) is 5.54. The molecule has 1 amide bonds. The van der Waals surface area contributed by atoms with Crippen LogP contribution in [0.4, 0.5) is 5.69 Å². The Hall–Kier alpha value is -3.17. The van der Waals surface area contributed by atoms with E-state index >= 15 is 0 Å². The predicted octanol–water partition coefficient (Wildman–Crippen LogP) is 4.59. The molecule has 0 atom stereocenters. The molecule has 0 spiro atoms. The largest absolute Gasteiger partial charge is 0.493 e. The quantitative estimate of drug-likeness (QED) is 0.369. The van der Waals surface area contributed by atoms with Gasteiger partial charge in [0.05, 0.1) is 24.8 Å². The Morgan fingerprint density at radius 1 is 0.914 bits per heavy atom. The fourth-order valence-electron chi connectivity index (χ4n) is 3.49.